The van der Waals surface area contributed by atoms with Gasteiger partial charge in [-0.05, 0) is 37.0 Å². The molecule has 0 spiro atoms. The lowest BCUT2D eigenvalue weighted by molar-refractivity contribution is -0.124. The van der Waals surface area contributed by atoms with Crippen LogP contribution in [0, 0.1) is 0 Å². The third kappa shape index (κ3) is 4.51. The number of pyridine rings is 1. The number of carbonyl (C=O) groups excluding carboxylic acids is 1. The lowest BCUT2D eigenvalue weighted by Gasteiger charge is -2.15. The quantitative estimate of drug-likeness (QED) is 0.338. The molecule has 0 fully saturated rings. The summed E-state index contributed by atoms with van der Waals surface area (Å²) < 4.78 is 2.58. The molecule has 8 nitrogen and oxygen atoms in total. The molecule has 4 aromatic rings. The van der Waals surface area contributed by atoms with Crippen LogP contribution in [-0.4, -0.2) is 27.0 Å². The van der Waals surface area contributed by atoms with Crippen LogP contribution in [0.1, 0.15) is 35.1 Å². The maximum absolute atomic E-state index is 13.1. The summed E-state index contributed by atoms with van der Waals surface area (Å²) in [5.74, 6) is 0.964. The van der Waals surface area contributed by atoms with E-state index in [-0.39, 0.29) is 11.5 Å². The van der Waals surface area contributed by atoms with E-state index in [9.17, 15) is 9.59 Å². The fraction of sp³-hybridized carbons (Fsp3) is 0.280. The Hall–Kier alpha value is -3.72. The molecular formula is C25H26N6O2S. The molecule has 4 heterocycles. The van der Waals surface area contributed by atoms with Crippen molar-refractivity contribution in [1.29, 1.82) is 0 Å². The van der Waals surface area contributed by atoms with E-state index in [1.54, 1.807) is 28.3 Å². The Morgan fingerprint density at radius 2 is 2.06 bits per heavy atom. The van der Waals surface area contributed by atoms with Crippen molar-refractivity contribution in [2.45, 2.75) is 38.3 Å². The van der Waals surface area contributed by atoms with E-state index in [0.29, 0.717) is 43.3 Å². The molecule has 9 heteroatoms. The number of nitrogens with two attached hydrogens (primary N) is 1. The van der Waals surface area contributed by atoms with Gasteiger partial charge in [0.05, 0.1) is 12.7 Å². The highest BCUT2D eigenvalue weighted by Crippen LogP contribution is 2.29. The van der Waals surface area contributed by atoms with Crippen molar-refractivity contribution in [1.82, 2.24) is 19.9 Å². The minimum atomic E-state index is -0.554. The normalized spacial score (nSPS) is 14.8. The Balaban J connectivity index is 1.23. The molecular weight excluding hydrogens is 448 g/mol. The van der Waals surface area contributed by atoms with Crippen molar-refractivity contribution >= 4 is 38.8 Å². The van der Waals surface area contributed by atoms with Crippen LogP contribution in [0.15, 0.2) is 59.7 Å². The van der Waals surface area contributed by atoms with Crippen LogP contribution in [0.25, 0.3) is 10.1 Å². The van der Waals surface area contributed by atoms with Gasteiger partial charge in [-0.1, -0.05) is 30.3 Å². The number of aromatic nitrogens is 3. The van der Waals surface area contributed by atoms with Crippen molar-refractivity contribution in [2.75, 3.05) is 17.6 Å². The number of carbonyl (C=O) groups is 1. The number of hydrogen-bond donors (Lipinski definition) is 3. The van der Waals surface area contributed by atoms with Gasteiger partial charge in [0.15, 0.2) is 0 Å². The molecule has 0 bridgehead atoms. The lowest BCUT2D eigenvalue weighted by atomic mass is 10.1. The van der Waals surface area contributed by atoms with Crippen LogP contribution in [0.5, 0.6) is 0 Å². The first-order valence-corrected chi connectivity index (χ1v) is 12.2. The molecule has 1 aliphatic rings. The van der Waals surface area contributed by atoms with E-state index < -0.39 is 6.04 Å². The fourth-order valence-corrected chi connectivity index (χ4v) is 5.36. The number of rotatable bonds is 8. The average Bonchev–Trinajstić information content (AvgIpc) is 3.48. The summed E-state index contributed by atoms with van der Waals surface area (Å²) in [6.07, 6.45) is 6.26. The van der Waals surface area contributed by atoms with Gasteiger partial charge in [-0.25, -0.2) is 9.97 Å². The first-order chi connectivity index (χ1) is 16.6. The number of amides is 1. The van der Waals surface area contributed by atoms with Crippen molar-refractivity contribution < 1.29 is 4.79 Å². The van der Waals surface area contributed by atoms with Crippen LogP contribution in [0.2, 0.25) is 0 Å². The molecule has 0 unspecified atom stereocenters. The minimum Gasteiger partial charge on any atom is -0.383 e. The van der Waals surface area contributed by atoms with Crippen LogP contribution in [-0.2, 0) is 24.2 Å². The fourth-order valence-electron chi connectivity index (χ4n) is 4.35. The monoisotopic (exact) mass is 474 g/mol. The number of fused-ring (bicyclic) bond motifs is 2. The zero-order valence-electron chi connectivity index (χ0n) is 18.7. The molecule has 0 saturated carbocycles. The van der Waals surface area contributed by atoms with Crippen molar-refractivity contribution in [3.8, 4) is 0 Å². The number of aryl methyl sites for hydroxylation is 2. The second kappa shape index (κ2) is 9.64. The SMILES string of the molecule is Nc1nccc2sc(CNC(=O)[C@@H]3CCc4ncc(NCCCc5ccccc5)c(=O)n43)cc12. The standard InChI is InChI=1S/C25H26N6O2S/c26-23-18-13-17(34-21(18)10-12-28-23)14-30-24(32)20-8-9-22-29-15-19(25(33)31(20)22)27-11-4-7-16-5-2-1-3-6-16/h1-3,5-6,10,12-13,15,20,27H,4,7-9,11,14H2,(H2,26,28)(H,30,32)/t20-/m0/s1. The largest absolute Gasteiger partial charge is 0.383 e. The summed E-state index contributed by atoms with van der Waals surface area (Å²) in [5, 5.41) is 7.08. The van der Waals surface area contributed by atoms with E-state index in [0.717, 1.165) is 27.8 Å². The molecule has 4 N–H and O–H groups in total. The van der Waals surface area contributed by atoms with Crippen LogP contribution < -0.4 is 21.9 Å². The third-order valence-corrected chi connectivity index (χ3v) is 7.19. The molecule has 174 valence electrons. The van der Waals surface area contributed by atoms with E-state index >= 15 is 0 Å². The maximum atomic E-state index is 13.1. The molecule has 34 heavy (non-hydrogen) atoms. The molecule has 0 radical (unpaired) electrons. The lowest BCUT2D eigenvalue weighted by Crippen LogP contribution is -2.36. The van der Waals surface area contributed by atoms with Crippen LogP contribution in [0.3, 0.4) is 0 Å². The number of hydrogen-bond acceptors (Lipinski definition) is 7. The van der Waals surface area contributed by atoms with Gasteiger partial charge in [-0.2, -0.15) is 0 Å². The van der Waals surface area contributed by atoms with Gasteiger partial charge in [0.2, 0.25) is 5.91 Å². The van der Waals surface area contributed by atoms with Gasteiger partial charge in [-0.3, -0.25) is 14.2 Å². The molecule has 0 aliphatic carbocycles. The van der Waals surface area contributed by atoms with Crippen LogP contribution in [0.4, 0.5) is 11.5 Å². The highest BCUT2D eigenvalue weighted by Gasteiger charge is 2.31. The molecule has 1 atom stereocenters. The highest BCUT2D eigenvalue weighted by molar-refractivity contribution is 7.19. The summed E-state index contributed by atoms with van der Waals surface area (Å²) in [4.78, 5) is 35.7. The number of nitrogens with one attached hydrogen (secondary N) is 2. The summed E-state index contributed by atoms with van der Waals surface area (Å²) in [7, 11) is 0. The predicted molar refractivity (Wildman–Crippen MR) is 135 cm³/mol. The van der Waals surface area contributed by atoms with Gasteiger partial charge in [0.1, 0.15) is 23.4 Å². The van der Waals surface area contributed by atoms with Gasteiger partial charge in [0, 0.05) is 34.1 Å². The smallest absolute Gasteiger partial charge is 0.277 e. The molecule has 1 aliphatic heterocycles. The summed E-state index contributed by atoms with van der Waals surface area (Å²) in [5.41, 5.74) is 7.45. The third-order valence-electron chi connectivity index (χ3n) is 6.09. The van der Waals surface area contributed by atoms with Crippen LogP contribution >= 0.6 is 11.3 Å². The molecule has 0 saturated heterocycles. The van der Waals surface area contributed by atoms with E-state index in [1.165, 1.54) is 5.56 Å². The molecule has 5 rings (SSSR count). The summed E-state index contributed by atoms with van der Waals surface area (Å²) in [6.45, 7) is 1.04. The Morgan fingerprint density at radius 1 is 1.21 bits per heavy atom. The van der Waals surface area contributed by atoms with Crippen molar-refractivity contribution in [2.24, 2.45) is 0 Å². The maximum Gasteiger partial charge on any atom is 0.277 e. The number of nitrogens with zero attached hydrogens (tertiary/aromatic N) is 3. The molecule has 1 amide bonds. The zero-order valence-corrected chi connectivity index (χ0v) is 19.5. The number of thiophene rings is 1. The van der Waals surface area contributed by atoms with Crippen molar-refractivity contribution in [3.05, 3.63) is 81.5 Å². The predicted octanol–water partition coefficient (Wildman–Crippen LogP) is 3.28. The Bertz CT molecular complexity index is 1380. The molecule has 1 aromatic carbocycles. The van der Waals surface area contributed by atoms with Gasteiger partial charge in [-0.15, -0.1) is 11.3 Å². The average molecular weight is 475 g/mol. The summed E-state index contributed by atoms with van der Waals surface area (Å²) in [6, 6.07) is 13.6. The second-order valence-corrected chi connectivity index (χ2v) is 9.54. The van der Waals surface area contributed by atoms with Gasteiger partial charge >= 0.3 is 0 Å². The van der Waals surface area contributed by atoms with E-state index in [1.807, 2.05) is 30.3 Å². The highest BCUT2D eigenvalue weighted by atomic mass is 32.1. The molecule has 3 aromatic heterocycles. The van der Waals surface area contributed by atoms with Crippen molar-refractivity contribution in [3.63, 3.8) is 0 Å². The number of anilines is 2. The van der Waals surface area contributed by atoms with E-state index in [4.69, 9.17) is 5.73 Å². The minimum absolute atomic E-state index is 0.174. The first kappa shape index (κ1) is 22.1. The van der Waals surface area contributed by atoms with E-state index in [2.05, 4.69) is 32.7 Å². The number of benzene rings is 1. The Kier molecular flexibility index (Phi) is 6.27. The Labute approximate surface area is 200 Å². The first-order valence-electron chi connectivity index (χ1n) is 11.4. The second-order valence-electron chi connectivity index (χ2n) is 8.37. The topological polar surface area (TPSA) is 115 Å². The van der Waals surface area contributed by atoms with Gasteiger partial charge in [0.25, 0.3) is 5.56 Å². The van der Waals surface area contributed by atoms with Gasteiger partial charge < -0.3 is 16.4 Å². The number of nitrogen functional groups attached to an aromatic ring is 1. The zero-order chi connectivity index (χ0) is 23.5. The summed E-state index contributed by atoms with van der Waals surface area (Å²) >= 11 is 1.57. The Morgan fingerprint density at radius 3 is 2.88 bits per heavy atom.